The Labute approximate surface area is 112 Å². The number of aromatic nitrogens is 2. The monoisotopic (exact) mass is 259 g/mol. The van der Waals surface area contributed by atoms with Crippen LogP contribution in [0.3, 0.4) is 0 Å². The lowest BCUT2D eigenvalue weighted by molar-refractivity contribution is 0.474. The van der Waals surface area contributed by atoms with Gasteiger partial charge in [0, 0.05) is 17.8 Å². The summed E-state index contributed by atoms with van der Waals surface area (Å²) in [6, 6.07) is 7.12. The van der Waals surface area contributed by atoms with Crippen LogP contribution >= 0.6 is 0 Å². The molecule has 100 valence electrons. The largest absolute Gasteiger partial charge is 0.312 e. The van der Waals surface area contributed by atoms with E-state index >= 15 is 0 Å². The second-order valence-corrected chi connectivity index (χ2v) is 5.15. The Morgan fingerprint density at radius 2 is 2.16 bits per heavy atom. The Kier molecular flexibility index (Phi) is 3.34. The van der Waals surface area contributed by atoms with E-state index in [4.69, 9.17) is 0 Å². The number of nitrogens with zero attached hydrogens (tertiary/aromatic N) is 2. The molecule has 19 heavy (non-hydrogen) atoms. The summed E-state index contributed by atoms with van der Waals surface area (Å²) in [5, 5.41) is 8.03. The van der Waals surface area contributed by atoms with Crippen LogP contribution in [0, 0.1) is 12.7 Å². The van der Waals surface area contributed by atoms with Crippen LogP contribution in [0.1, 0.15) is 18.5 Å². The average Bonchev–Trinajstić information content (AvgIpc) is 3.01. The Morgan fingerprint density at radius 3 is 2.84 bits per heavy atom. The highest BCUT2D eigenvalue weighted by Crippen LogP contribution is 2.23. The molecule has 1 saturated heterocycles. The van der Waals surface area contributed by atoms with Crippen molar-refractivity contribution < 1.29 is 4.39 Å². The van der Waals surface area contributed by atoms with Gasteiger partial charge >= 0.3 is 0 Å². The molecule has 1 aromatic heterocycles. The Hall–Kier alpha value is -1.68. The molecular weight excluding hydrogens is 241 g/mol. The van der Waals surface area contributed by atoms with E-state index in [1.807, 2.05) is 11.6 Å². The number of benzene rings is 1. The first-order valence-electron chi connectivity index (χ1n) is 6.76. The zero-order valence-corrected chi connectivity index (χ0v) is 11.1. The second-order valence-electron chi connectivity index (χ2n) is 5.15. The molecule has 1 aromatic carbocycles. The van der Waals surface area contributed by atoms with Crippen LogP contribution in [0.25, 0.3) is 11.1 Å². The number of hydrogen-bond donors (Lipinski definition) is 1. The van der Waals surface area contributed by atoms with E-state index in [1.54, 1.807) is 12.1 Å². The Morgan fingerprint density at radius 1 is 1.37 bits per heavy atom. The molecular formula is C15H18FN3. The van der Waals surface area contributed by atoms with E-state index in [2.05, 4.69) is 16.6 Å². The molecule has 1 N–H and O–H groups in total. The van der Waals surface area contributed by atoms with Crippen LogP contribution < -0.4 is 5.32 Å². The van der Waals surface area contributed by atoms with Crippen LogP contribution in [0.4, 0.5) is 4.39 Å². The molecule has 1 aliphatic heterocycles. The van der Waals surface area contributed by atoms with Crippen molar-refractivity contribution in [3.8, 4) is 11.1 Å². The van der Waals surface area contributed by atoms with Gasteiger partial charge in [-0.05, 0) is 44.0 Å². The molecule has 1 aliphatic rings. The summed E-state index contributed by atoms with van der Waals surface area (Å²) in [5.74, 6) is -0.205. The van der Waals surface area contributed by atoms with Gasteiger partial charge < -0.3 is 5.32 Å². The molecule has 3 nitrogen and oxygen atoms in total. The summed E-state index contributed by atoms with van der Waals surface area (Å²) >= 11 is 0. The van der Waals surface area contributed by atoms with Crippen LogP contribution in [-0.4, -0.2) is 22.4 Å². The summed E-state index contributed by atoms with van der Waals surface area (Å²) < 4.78 is 14.9. The lowest BCUT2D eigenvalue weighted by Crippen LogP contribution is -2.26. The number of hydrogen-bond acceptors (Lipinski definition) is 2. The molecule has 0 spiro atoms. The van der Waals surface area contributed by atoms with E-state index in [0.29, 0.717) is 6.04 Å². The maximum absolute atomic E-state index is 12.9. The van der Waals surface area contributed by atoms with Gasteiger partial charge in [0.05, 0.1) is 12.2 Å². The van der Waals surface area contributed by atoms with E-state index in [1.165, 1.54) is 25.0 Å². The number of halogens is 1. The van der Waals surface area contributed by atoms with Crippen molar-refractivity contribution in [3.63, 3.8) is 0 Å². The second kappa shape index (κ2) is 5.13. The van der Waals surface area contributed by atoms with Crippen LogP contribution in [0.5, 0.6) is 0 Å². The van der Waals surface area contributed by atoms with Gasteiger partial charge in [0.15, 0.2) is 0 Å². The minimum Gasteiger partial charge on any atom is -0.312 e. The van der Waals surface area contributed by atoms with E-state index in [9.17, 15) is 4.39 Å². The molecule has 3 rings (SSSR count). The third kappa shape index (κ3) is 2.68. The highest BCUT2D eigenvalue weighted by molar-refractivity contribution is 5.64. The predicted octanol–water partition coefficient (Wildman–Crippen LogP) is 2.75. The maximum atomic E-state index is 12.9. The zero-order valence-electron chi connectivity index (χ0n) is 11.1. The smallest absolute Gasteiger partial charge is 0.123 e. The van der Waals surface area contributed by atoms with Crippen molar-refractivity contribution in [2.24, 2.45) is 0 Å². The van der Waals surface area contributed by atoms with Crippen molar-refractivity contribution in [1.29, 1.82) is 0 Å². The fraction of sp³-hybridized carbons (Fsp3) is 0.400. The minimum absolute atomic E-state index is 0.205. The number of rotatable bonds is 3. The molecule has 2 aromatic rings. The maximum Gasteiger partial charge on any atom is 0.123 e. The Balaban J connectivity index is 1.82. The highest BCUT2D eigenvalue weighted by atomic mass is 19.1. The highest BCUT2D eigenvalue weighted by Gasteiger charge is 2.16. The molecule has 1 fully saturated rings. The topological polar surface area (TPSA) is 29.9 Å². The van der Waals surface area contributed by atoms with Gasteiger partial charge in [-0.2, -0.15) is 5.10 Å². The molecule has 2 heterocycles. The van der Waals surface area contributed by atoms with Crippen molar-refractivity contribution in [1.82, 2.24) is 15.1 Å². The average molecular weight is 259 g/mol. The van der Waals surface area contributed by atoms with Crippen LogP contribution in [-0.2, 0) is 6.54 Å². The minimum atomic E-state index is -0.205. The molecule has 0 amide bonds. The Bertz CT molecular complexity index is 553. The quantitative estimate of drug-likeness (QED) is 0.918. The fourth-order valence-electron chi connectivity index (χ4n) is 2.66. The van der Waals surface area contributed by atoms with Gasteiger partial charge in [-0.15, -0.1) is 0 Å². The van der Waals surface area contributed by atoms with E-state index < -0.39 is 0 Å². The number of nitrogens with one attached hydrogen (secondary N) is 1. The van der Waals surface area contributed by atoms with Crippen molar-refractivity contribution >= 4 is 0 Å². The van der Waals surface area contributed by atoms with Crippen molar-refractivity contribution in [3.05, 3.63) is 42.0 Å². The van der Waals surface area contributed by atoms with Gasteiger partial charge in [-0.25, -0.2) is 4.39 Å². The van der Waals surface area contributed by atoms with E-state index in [0.717, 1.165) is 29.9 Å². The van der Waals surface area contributed by atoms with Gasteiger partial charge in [0.1, 0.15) is 5.82 Å². The first-order chi connectivity index (χ1) is 9.22. The molecule has 0 radical (unpaired) electrons. The summed E-state index contributed by atoms with van der Waals surface area (Å²) in [5.41, 5.74) is 3.09. The van der Waals surface area contributed by atoms with Crippen LogP contribution in [0.15, 0.2) is 30.5 Å². The standard InChI is InChI=1S/C15H18FN3/c1-11-15(12-4-6-13(16)7-5-12)10-19(18-11)9-14-3-2-8-17-14/h4-7,10,14,17H,2-3,8-9H2,1H3. The summed E-state index contributed by atoms with van der Waals surface area (Å²) in [6.45, 7) is 4.01. The predicted molar refractivity (Wildman–Crippen MR) is 73.4 cm³/mol. The molecule has 0 saturated carbocycles. The molecule has 0 bridgehead atoms. The van der Waals surface area contributed by atoms with Gasteiger partial charge in [-0.1, -0.05) is 12.1 Å². The normalized spacial score (nSPS) is 18.9. The molecule has 0 aliphatic carbocycles. The number of aryl methyl sites for hydroxylation is 1. The molecule has 4 heteroatoms. The lowest BCUT2D eigenvalue weighted by Gasteiger charge is -2.09. The third-order valence-electron chi connectivity index (χ3n) is 3.67. The van der Waals surface area contributed by atoms with Crippen molar-refractivity contribution in [2.75, 3.05) is 6.54 Å². The van der Waals surface area contributed by atoms with E-state index in [-0.39, 0.29) is 5.82 Å². The van der Waals surface area contributed by atoms with Gasteiger partial charge in [0.2, 0.25) is 0 Å². The lowest BCUT2D eigenvalue weighted by atomic mass is 10.1. The SMILES string of the molecule is Cc1nn(CC2CCCN2)cc1-c1ccc(F)cc1. The first-order valence-corrected chi connectivity index (χ1v) is 6.76. The summed E-state index contributed by atoms with van der Waals surface area (Å²) in [7, 11) is 0. The first kappa shape index (κ1) is 12.4. The molecule has 1 unspecified atom stereocenters. The fourth-order valence-corrected chi connectivity index (χ4v) is 2.66. The van der Waals surface area contributed by atoms with Gasteiger partial charge in [0.25, 0.3) is 0 Å². The van der Waals surface area contributed by atoms with Gasteiger partial charge in [-0.3, -0.25) is 4.68 Å². The van der Waals surface area contributed by atoms with Crippen LogP contribution in [0.2, 0.25) is 0 Å². The molecule has 1 atom stereocenters. The van der Waals surface area contributed by atoms with Crippen molar-refractivity contribution in [2.45, 2.75) is 32.4 Å². The summed E-state index contributed by atoms with van der Waals surface area (Å²) in [4.78, 5) is 0. The summed E-state index contributed by atoms with van der Waals surface area (Å²) in [6.07, 6.45) is 4.52. The third-order valence-corrected chi connectivity index (χ3v) is 3.67. The zero-order chi connectivity index (χ0) is 13.2.